The van der Waals surface area contributed by atoms with Gasteiger partial charge in [-0.05, 0) is 98.7 Å². The Hall–Kier alpha value is -3.81. The average molecular weight is 598 g/mol. The van der Waals surface area contributed by atoms with E-state index in [0.29, 0.717) is 23.7 Å². The summed E-state index contributed by atoms with van der Waals surface area (Å²) in [6.45, 7) is 2.47. The Morgan fingerprint density at radius 3 is 2.57 bits per heavy atom. The van der Waals surface area contributed by atoms with Crippen molar-refractivity contribution in [2.75, 3.05) is 11.4 Å². The Bertz CT molecular complexity index is 1680. The van der Waals surface area contributed by atoms with Crippen LogP contribution in [0.5, 0.6) is 0 Å². The van der Waals surface area contributed by atoms with Crippen LogP contribution in [-0.2, 0) is 20.8 Å². The van der Waals surface area contributed by atoms with Crippen LogP contribution in [0.4, 0.5) is 5.69 Å². The van der Waals surface area contributed by atoms with E-state index in [2.05, 4.69) is 19.1 Å². The second-order valence-electron chi connectivity index (χ2n) is 11.1. The van der Waals surface area contributed by atoms with Crippen molar-refractivity contribution >= 4 is 56.6 Å². The van der Waals surface area contributed by atoms with Gasteiger partial charge in [-0.25, -0.2) is 9.88 Å². The topological polar surface area (TPSA) is 70.6 Å². The van der Waals surface area contributed by atoms with Gasteiger partial charge in [-0.2, -0.15) is 0 Å². The Morgan fingerprint density at radius 1 is 1.05 bits per heavy atom. The van der Waals surface area contributed by atoms with Gasteiger partial charge in [0, 0.05) is 17.1 Å². The molecule has 6 nitrogen and oxygen atoms in total. The number of amides is 3. The Labute approximate surface area is 254 Å². The van der Waals surface area contributed by atoms with Crippen LogP contribution in [0.15, 0.2) is 78.4 Å². The van der Waals surface area contributed by atoms with Crippen LogP contribution in [0.25, 0.3) is 20.8 Å². The molecular formula is C34H32ClN3O3S. The highest BCUT2D eigenvalue weighted by molar-refractivity contribution is 7.21. The van der Waals surface area contributed by atoms with Gasteiger partial charge in [0.05, 0.1) is 28.7 Å². The van der Waals surface area contributed by atoms with Gasteiger partial charge >= 0.3 is 0 Å². The first-order valence-electron chi connectivity index (χ1n) is 14.4. The second kappa shape index (κ2) is 12.2. The number of hydrogen-bond acceptors (Lipinski definition) is 5. The zero-order chi connectivity index (χ0) is 29.2. The molecule has 8 heteroatoms. The number of allylic oxidation sites excluding steroid dienone is 1. The standard InChI is InChI=1S/C34H32ClN3O3S/c1-22-7-16-28-30(19-22)42-33(36-28)25-10-14-27(15-11-25)38-32(40)21-29(34(38)41)37(18-17-23-5-3-2-4-6-23)31(39)20-24-8-12-26(35)13-9-24/h5,7-16,19,29H,2-4,6,17-18,20-21H2,1H3. The molecule has 1 fully saturated rings. The fourth-order valence-electron chi connectivity index (χ4n) is 5.77. The van der Waals surface area contributed by atoms with E-state index in [4.69, 9.17) is 16.6 Å². The predicted molar refractivity (Wildman–Crippen MR) is 169 cm³/mol. The van der Waals surface area contributed by atoms with Gasteiger partial charge in [0.2, 0.25) is 11.8 Å². The SMILES string of the molecule is Cc1ccc2nc(-c3ccc(N4C(=O)CC(N(CCC5=CCCCC5)C(=O)Cc5ccc(Cl)cc5)C4=O)cc3)sc2c1. The summed E-state index contributed by atoms with van der Waals surface area (Å²) in [6, 6.07) is 19.9. The van der Waals surface area contributed by atoms with Gasteiger partial charge in [-0.1, -0.05) is 41.4 Å². The molecule has 3 aromatic carbocycles. The molecule has 0 radical (unpaired) electrons. The van der Waals surface area contributed by atoms with Gasteiger partial charge in [0.25, 0.3) is 5.91 Å². The Morgan fingerprint density at radius 2 is 1.83 bits per heavy atom. The number of fused-ring (bicyclic) bond motifs is 1. The molecule has 1 unspecified atom stereocenters. The van der Waals surface area contributed by atoms with Crippen molar-refractivity contribution in [2.24, 2.45) is 0 Å². The van der Waals surface area contributed by atoms with Gasteiger partial charge in [0.1, 0.15) is 11.0 Å². The quantitative estimate of drug-likeness (QED) is 0.156. The summed E-state index contributed by atoms with van der Waals surface area (Å²) < 4.78 is 1.12. The number of imide groups is 1. The molecule has 1 aliphatic heterocycles. The maximum absolute atomic E-state index is 13.8. The summed E-state index contributed by atoms with van der Waals surface area (Å²) in [7, 11) is 0. The number of rotatable bonds is 8. The highest BCUT2D eigenvalue weighted by atomic mass is 35.5. The highest BCUT2D eigenvalue weighted by Gasteiger charge is 2.44. The third kappa shape index (κ3) is 6.03. The Kier molecular flexibility index (Phi) is 8.22. The molecule has 0 bridgehead atoms. The van der Waals surface area contributed by atoms with Crippen molar-refractivity contribution in [2.45, 2.75) is 57.9 Å². The van der Waals surface area contributed by atoms with E-state index in [1.54, 1.807) is 40.5 Å². The number of hydrogen-bond donors (Lipinski definition) is 0. The largest absolute Gasteiger partial charge is 0.329 e. The number of carbonyl (C=O) groups excluding carboxylic acids is 3. The van der Waals surface area contributed by atoms with E-state index in [1.165, 1.54) is 22.5 Å². The molecule has 4 aromatic rings. The smallest absolute Gasteiger partial charge is 0.257 e. The van der Waals surface area contributed by atoms with Gasteiger partial charge in [-0.15, -0.1) is 11.3 Å². The molecule has 42 heavy (non-hydrogen) atoms. The summed E-state index contributed by atoms with van der Waals surface area (Å²) in [6.07, 6.45) is 7.48. The zero-order valence-corrected chi connectivity index (χ0v) is 25.1. The van der Waals surface area contributed by atoms with Crippen molar-refractivity contribution in [3.63, 3.8) is 0 Å². The minimum Gasteiger partial charge on any atom is -0.329 e. The maximum atomic E-state index is 13.8. The molecule has 3 amide bonds. The summed E-state index contributed by atoms with van der Waals surface area (Å²) in [5.74, 6) is -0.817. The number of anilines is 1. The summed E-state index contributed by atoms with van der Waals surface area (Å²) in [5, 5.41) is 1.49. The molecule has 2 aliphatic rings. The van der Waals surface area contributed by atoms with Crippen molar-refractivity contribution < 1.29 is 14.4 Å². The number of benzene rings is 3. The summed E-state index contributed by atoms with van der Waals surface area (Å²) >= 11 is 7.65. The van der Waals surface area contributed by atoms with E-state index in [-0.39, 0.29) is 30.6 Å². The first-order chi connectivity index (χ1) is 20.4. The van der Waals surface area contributed by atoms with Gasteiger partial charge in [0.15, 0.2) is 0 Å². The molecule has 0 spiro atoms. The first kappa shape index (κ1) is 28.3. The van der Waals surface area contributed by atoms with Crippen molar-refractivity contribution in [3.05, 3.63) is 94.5 Å². The maximum Gasteiger partial charge on any atom is 0.257 e. The van der Waals surface area contributed by atoms with E-state index < -0.39 is 6.04 Å². The van der Waals surface area contributed by atoms with Crippen LogP contribution in [0.2, 0.25) is 5.02 Å². The number of thiazole rings is 1. The van der Waals surface area contributed by atoms with Crippen molar-refractivity contribution in [3.8, 4) is 10.6 Å². The van der Waals surface area contributed by atoms with E-state index >= 15 is 0 Å². The lowest BCUT2D eigenvalue weighted by molar-refractivity contribution is -0.137. The van der Waals surface area contributed by atoms with E-state index in [9.17, 15) is 14.4 Å². The van der Waals surface area contributed by atoms with Crippen LogP contribution in [0.1, 0.15) is 49.7 Å². The molecule has 0 saturated carbocycles. The monoisotopic (exact) mass is 597 g/mol. The predicted octanol–water partition coefficient (Wildman–Crippen LogP) is 7.52. The van der Waals surface area contributed by atoms with E-state index in [0.717, 1.165) is 45.6 Å². The van der Waals surface area contributed by atoms with Crippen molar-refractivity contribution in [1.82, 2.24) is 9.88 Å². The number of carbonyl (C=O) groups is 3. The molecular weight excluding hydrogens is 566 g/mol. The Balaban J connectivity index is 1.22. The minimum atomic E-state index is -0.825. The minimum absolute atomic E-state index is 0.0246. The number of aryl methyl sites for hydroxylation is 1. The van der Waals surface area contributed by atoms with Crippen LogP contribution in [-0.4, -0.2) is 40.2 Å². The molecule has 1 aromatic heterocycles. The van der Waals surface area contributed by atoms with Gasteiger partial charge in [-0.3, -0.25) is 14.4 Å². The molecule has 6 rings (SSSR count). The van der Waals surface area contributed by atoms with Crippen LogP contribution in [0, 0.1) is 6.92 Å². The van der Waals surface area contributed by atoms with E-state index in [1.807, 2.05) is 36.4 Å². The molecule has 1 aliphatic carbocycles. The second-order valence-corrected chi connectivity index (χ2v) is 12.5. The number of halogens is 1. The first-order valence-corrected chi connectivity index (χ1v) is 15.6. The highest BCUT2D eigenvalue weighted by Crippen LogP contribution is 2.33. The number of aromatic nitrogens is 1. The summed E-state index contributed by atoms with van der Waals surface area (Å²) in [5.41, 5.74) is 5.71. The third-order valence-corrected chi connectivity index (χ3v) is 9.38. The molecule has 214 valence electrons. The molecule has 1 saturated heterocycles. The average Bonchev–Trinajstić information content (AvgIpc) is 3.54. The lowest BCUT2D eigenvalue weighted by atomic mass is 9.96. The van der Waals surface area contributed by atoms with Crippen molar-refractivity contribution in [1.29, 1.82) is 0 Å². The van der Waals surface area contributed by atoms with Crippen LogP contribution in [0.3, 0.4) is 0 Å². The van der Waals surface area contributed by atoms with Crippen LogP contribution >= 0.6 is 22.9 Å². The third-order valence-electron chi connectivity index (χ3n) is 8.06. The fourth-order valence-corrected chi connectivity index (χ4v) is 6.96. The molecule has 2 heterocycles. The summed E-state index contributed by atoms with van der Waals surface area (Å²) in [4.78, 5) is 48.3. The molecule has 1 atom stereocenters. The van der Waals surface area contributed by atoms with Crippen LogP contribution < -0.4 is 4.90 Å². The normalized spacial score (nSPS) is 17.1. The van der Waals surface area contributed by atoms with Gasteiger partial charge < -0.3 is 4.90 Å². The lowest BCUT2D eigenvalue weighted by Crippen LogP contribution is -2.46. The fraction of sp³-hybridized carbons (Fsp3) is 0.294. The number of nitrogens with zero attached hydrogens (tertiary/aromatic N) is 3. The zero-order valence-electron chi connectivity index (χ0n) is 23.5. The lowest BCUT2D eigenvalue weighted by Gasteiger charge is -2.29. The molecule has 0 N–H and O–H groups in total.